The summed E-state index contributed by atoms with van der Waals surface area (Å²) in [4.78, 5) is 41.4. The maximum Gasteiger partial charge on any atom is 0.338 e. The molecule has 7 nitrogen and oxygen atoms in total. The van der Waals surface area contributed by atoms with Gasteiger partial charge in [-0.25, -0.2) is 9.78 Å². The molecule has 0 bridgehead atoms. The summed E-state index contributed by atoms with van der Waals surface area (Å²) >= 11 is 0. The largest absolute Gasteiger partial charge is 0.462 e. The Morgan fingerprint density at radius 2 is 1.83 bits per heavy atom. The smallest absolute Gasteiger partial charge is 0.338 e. The fraction of sp³-hybridized carbons (Fsp3) is 0.273. The third-order valence-corrected chi connectivity index (χ3v) is 4.49. The van der Waals surface area contributed by atoms with Gasteiger partial charge in [0.05, 0.1) is 23.1 Å². The molecule has 3 rings (SSSR count). The highest BCUT2D eigenvalue weighted by atomic mass is 16.5. The molecule has 29 heavy (non-hydrogen) atoms. The van der Waals surface area contributed by atoms with Crippen LogP contribution in [0.4, 0.5) is 5.69 Å². The molecule has 0 radical (unpaired) electrons. The Balaban J connectivity index is 1.68. The van der Waals surface area contributed by atoms with Gasteiger partial charge in [0.1, 0.15) is 12.4 Å². The van der Waals surface area contributed by atoms with E-state index in [2.05, 4.69) is 10.3 Å². The predicted octanol–water partition coefficient (Wildman–Crippen LogP) is 3.30. The van der Waals surface area contributed by atoms with Gasteiger partial charge in [0.25, 0.3) is 5.56 Å². The molecule has 0 saturated carbocycles. The number of nitrogens with zero attached hydrogens (tertiary/aromatic N) is 2. The lowest BCUT2D eigenvalue weighted by molar-refractivity contribution is -0.116. The third-order valence-electron chi connectivity index (χ3n) is 4.49. The number of esters is 1. The number of unbranched alkanes of at least 4 members (excludes halogenated alkanes) is 1. The van der Waals surface area contributed by atoms with E-state index in [1.54, 1.807) is 49.4 Å². The monoisotopic (exact) mass is 393 g/mol. The first-order valence-electron chi connectivity index (χ1n) is 9.53. The summed E-state index contributed by atoms with van der Waals surface area (Å²) in [5.41, 5.74) is 1.30. The number of carbonyl (C=O) groups excluding carboxylic acids is 2. The Morgan fingerprint density at radius 3 is 2.55 bits per heavy atom. The summed E-state index contributed by atoms with van der Waals surface area (Å²) in [5.74, 6) is -0.277. The number of benzene rings is 2. The van der Waals surface area contributed by atoms with Crippen molar-refractivity contribution in [3.8, 4) is 0 Å². The van der Waals surface area contributed by atoms with Gasteiger partial charge in [-0.15, -0.1) is 0 Å². The van der Waals surface area contributed by atoms with E-state index in [1.807, 2.05) is 13.0 Å². The van der Waals surface area contributed by atoms with Crippen molar-refractivity contribution in [2.45, 2.75) is 33.2 Å². The maximum atomic E-state index is 12.7. The average Bonchev–Trinajstić information content (AvgIpc) is 2.72. The molecule has 0 spiro atoms. The molecule has 0 unspecified atom stereocenters. The molecular weight excluding hydrogens is 370 g/mol. The Hall–Kier alpha value is -3.48. The van der Waals surface area contributed by atoms with E-state index in [-0.39, 0.29) is 24.0 Å². The predicted molar refractivity (Wildman–Crippen MR) is 111 cm³/mol. The molecule has 1 heterocycles. The first-order chi connectivity index (χ1) is 14.0. The van der Waals surface area contributed by atoms with Crippen molar-refractivity contribution >= 4 is 28.5 Å². The Morgan fingerprint density at radius 1 is 1.10 bits per heavy atom. The van der Waals surface area contributed by atoms with Crippen LogP contribution in [0.1, 0.15) is 35.9 Å². The average molecular weight is 393 g/mol. The van der Waals surface area contributed by atoms with E-state index in [4.69, 9.17) is 4.74 Å². The second kappa shape index (κ2) is 9.14. The van der Waals surface area contributed by atoms with Crippen LogP contribution in [0, 0.1) is 6.92 Å². The Kier molecular flexibility index (Phi) is 6.39. The van der Waals surface area contributed by atoms with E-state index in [0.717, 1.165) is 12.8 Å². The number of nitrogens with one attached hydrogen (secondary N) is 1. The number of anilines is 1. The van der Waals surface area contributed by atoms with Crippen molar-refractivity contribution in [1.29, 1.82) is 0 Å². The Bertz CT molecular complexity index is 1090. The third kappa shape index (κ3) is 4.87. The molecule has 7 heteroatoms. The second-order valence-electron chi connectivity index (χ2n) is 6.68. The van der Waals surface area contributed by atoms with E-state index in [9.17, 15) is 14.4 Å². The molecule has 0 aliphatic rings. The molecule has 0 aliphatic carbocycles. The molecule has 0 atom stereocenters. The van der Waals surface area contributed by atoms with Crippen molar-refractivity contribution in [3.63, 3.8) is 0 Å². The summed E-state index contributed by atoms with van der Waals surface area (Å²) in [6, 6.07) is 13.5. The number of para-hydroxylation sites is 1. The number of ether oxygens (including phenoxy) is 1. The summed E-state index contributed by atoms with van der Waals surface area (Å²) < 4.78 is 6.50. The number of fused-ring (bicyclic) bond motifs is 1. The molecule has 1 aromatic heterocycles. The molecule has 0 aliphatic heterocycles. The van der Waals surface area contributed by atoms with Crippen LogP contribution < -0.4 is 10.9 Å². The number of amides is 1. The first-order valence-corrected chi connectivity index (χ1v) is 9.53. The first kappa shape index (κ1) is 20.3. The lowest BCUT2D eigenvalue weighted by Gasteiger charge is -2.11. The van der Waals surface area contributed by atoms with E-state index < -0.39 is 0 Å². The molecule has 0 fully saturated rings. The zero-order valence-electron chi connectivity index (χ0n) is 16.5. The van der Waals surface area contributed by atoms with Gasteiger partial charge in [0.15, 0.2) is 0 Å². The number of aryl methyl sites for hydroxylation is 1. The van der Waals surface area contributed by atoms with Crippen molar-refractivity contribution in [3.05, 3.63) is 70.3 Å². The molecule has 1 N–H and O–H groups in total. The maximum absolute atomic E-state index is 12.7. The van der Waals surface area contributed by atoms with Crippen molar-refractivity contribution in [2.75, 3.05) is 11.9 Å². The summed E-state index contributed by atoms with van der Waals surface area (Å²) in [6.07, 6.45) is 1.77. The fourth-order valence-corrected chi connectivity index (χ4v) is 2.89. The number of rotatable bonds is 7. The summed E-state index contributed by atoms with van der Waals surface area (Å²) in [6.45, 7) is 3.96. The van der Waals surface area contributed by atoms with E-state index in [1.165, 1.54) is 4.57 Å². The molecule has 150 valence electrons. The minimum absolute atomic E-state index is 0.149. The normalized spacial score (nSPS) is 10.7. The highest BCUT2D eigenvalue weighted by Gasteiger charge is 2.12. The van der Waals surface area contributed by atoms with Crippen LogP contribution in [-0.4, -0.2) is 28.0 Å². The van der Waals surface area contributed by atoms with Gasteiger partial charge in [0.2, 0.25) is 5.91 Å². The minimum Gasteiger partial charge on any atom is -0.462 e. The summed E-state index contributed by atoms with van der Waals surface area (Å²) in [7, 11) is 0. The van der Waals surface area contributed by atoms with Gasteiger partial charge >= 0.3 is 5.97 Å². The summed E-state index contributed by atoms with van der Waals surface area (Å²) in [5, 5.41) is 3.20. The van der Waals surface area contributed by atoms with Gasteiger partial charge in [0, 0.05) is 5.69 Å². The zero-order chi connectivity index (χ0) is 20.8. The standard InChI is InChI=1S/C22H23N3O4/c1-3-4-13-29-22(28)16-9-11-17(12-10-16)24-20(26)14-25-15(2)23-19-8-6-5-7-18(19)21(25)27/h5-12H,3-4,13-14H2,1-2H3,(H,24,26). The fourth-order valence-electron chi connectivity index (χ4n) is 2.89. The second-order valence-corrected chi connectivity index (χ2v) is 6.68. The van der Waals surface area contributed by atoms with Crippen molar-refractivity contribution < 1.29 is 14.3 Å². The lowest BCUT2D eigenvalue weighted by Crippen LogP contribution is -2.30. The number of carbonyl (C=O) groups is 2. The minimum atomic E-state index is -0.388. The number of hydrogen-bond donors (Lipinski definition) is 1. The van der Waals surface area contributed by atoms with Gasteiger partial charge in [-0.3, -0.25) is 14.2 Å². The molecule has 2 aromatic carbocycles. The van der Waals surface area contributed by atoms with E-state index in [0.29, 0.717) is 34.6 Å². The van der Waals surface area contributed by atoms with Gasteiger partial charge in [-0.1, -0.05) is 25.5 Å². The number of hydrogen-bond acceptors (Lipinski definition) is 5. The quantitative estimate of drug-likeness (QED) is 0.491. The molecular formula is C22H23N3O4. The highest BCUT2D eigenvalue weighted by molar-refractivity contribution is 5.93. The lowest BCUT2D eigenvalue weighted by atomic mass is 10.2. The SMILES string of the molecule is CCCCOC(=O)c1ccc(NC(=O)Cn2c(C)nc3ccccc3c2=O)cc1. The zero-order valence-corrected chi connectivity index (χ0v) is 16.5. The highest BCUT2D eigenvalue weighted by Crippen LogP contribution is 2.12. The van der Waals surface area contributed by atoms with Crippen molar-refractivity contribution in [1.82, 2.24) is 9.55 Å². The van der Waals surface area contributed by atoms with E-state index >= 15 is 0 Å². The van der Waals surface area contributed by atoms with Crippen LogP contribution in [0.5, 0.6) is 0 Å². The van der Waals surface area contributed by atoms with Crippen LogP contribution in [0.3, 0.4) is 0 Å². The van der Waals surface area contributed by atoms with Crippen LogP contribution in [0.15, 0.2) is 53.3 Å². The van der Waals surface area contributed by atoms with Gasteiger partial charge in [-0.05, 0) is 49.7 Å². The Labute approximate surface area is 168 Å². The topological polar surface area (TPSA) is 90.3 Å². The van der Waals surface area contributed by atoms with Crippen LogP contribution >= 0.6 is 0 Å². The van der Waals surface area contributed by atoms with Crippen molar-refractivity contribution in [2.24, 2.45) is 0 Å². The van der Waals surface area contributed by atoms with Crippen LogP contribution in [0.25, 0.3) is 10.9 Å². The molecule has 1 amide bonds. The van der Waals surface area contributed by atoms with Crippen LogP contribution in [0.2, 0.25) is 0 Å². The number of aromatic nitrogens is 2. The van der Waals surface area contributed by atoms with Gasteiger partial charge < -0.3 is 10.1 Å². The van der Waals surface area contributed by atoms with Crippen LogP contribution in [-0.2, 0) is 16.1 Å². The molecule has 0 saturated heterocycles. The van der Waals surface area contributed by atoms with Gasteiger partial charge in [-0.2, -0.15) is 0 Å². The molecule has 3 aromatic rings.